The SMILES string of the molecule is CC(C)C(O)CC(I)CI. The minimum Gasteiger partial charge on any atom is -0.393 e. The topological polar surface area (TPSA) is 20.2 Å². The van der Waals surface area contributed by atoms with Crippen molar-refractivity contribution in [2.24, 2.45) is 5.92 Å². The number of halogens is 2. The van der Waals surface area contributed by atoms with E-state index in [2.05, 4.69) is 59.0 Å². The molecule has 0 aromatic rings. The average Bonchev–Trinajstić information content (AvgIpc) is 1.87. The van der Waals surface area contributed by atoms with Crippen LogP contribution in [-0.4, -0.2) is 19.6 Å². The first-order chi connectivity index (χ1) is 4.57. The molecule has 1 N–H and O–H groups in total. The van der Waals surface area contributed by atoms with Crippen molar-refractivity contribution in [3.05, 3.63) is 0 Å². The Balaban J connectivity index is 3.46. The van der Waals surface area contributed by atoms with Crippen LogP contribution in [0.1, 0.15) is 20.3 Å². The van der Waals surface area contributed by atoms with Gasteiger partial charge in [0.05, 0.1) is 6.10 Å². The van der Waals surface area contributed by atoms with Crippen LogP contribution in [-0.2, 0) is 0 Å². The van der Waals surface area contributed by atoms with Crippen LogP contribution < -0.4 is 0 Å². The number of aliphatic hydroxyl groups is 1. The third-order valence-corrected chi connectivity index (χ3v) is 5.13. The van der Waals surface area contributed by atoms with Gasteiger partial charge in [0.25, 0.3) is 0 Å². The molecule has 0 amide bonds. The molecule has 0 bridgehead atoms. The Kier molecular flexibility index (Phi) is 6.85. The monoisotopic (exact) mass is 368 g/mol. The van der Waals surface area contributed by atoms with Crippen LogP contribution in [0.5, 0.6) is 0 Å². The molecule has 2 atom stereocenters. The van der Waals surface area contributed by atoms with E-state index in [1.54, 1.807) is 0 Å². The van der Waals surface area contributed by atoms with Gasteiger partial charge in [-0.25, -0.2) is 0 Å². The molecule has 0 saturated heterocycles. The first-order valence-electron chi connectivity index (χ1n) is 3.46. The van der Waals surface area contributed by atoms with Crippen molar-refractivity contribution in [2.75, 3.05) is 4.43 Å². The molecule has 0 rings (SSSR count). The lowest BCUT2D eigenvalue weighted by Gasteiger charge is -2.16. The molecular formula is C7H14I2O. The van der Waals surface area contributed by atoms with Crippen molar-refractivity contribution < 1.29 is 5.11 Å². The van der Waals surface area contributed by atoms with Gasteiger partial charge < -0.3 is 5.11 Å². The van der Waals surface area contributed by atoms with Gasteiger partial charge in [0.15, 0.2) is 0 Å². The Bertz CT molecular complexity index is 85.7. The summed E-state index contributed by atoms with van der Waals surface area (Å²) in [7, 11) is 0. The summed E-state index contributed by atoms with van der Waals surface area (Å²) in [6, 6.07) is 0. The quantitative estimate of drug-likeness (QED) is 0.598. The smallest absolute Gasteiger partial charge is 0.0573 e. The van der Waals surface area contributed by atoms with E-state index in [-0.39, 0.29) is 6.10 Å². The Morgan fingerprint density at radius 3 is 2.20 bits per heavy atom. The molecule has 0 saturated carbocycles. The zero-order chi connectivity index (χ0) is 8.15. The summed E-state index contributed by atoms with van der Waals surface area (Å²) in [6.07, 6.45) is 0.818. The lowest BCUT2D eigenvalue weighted by molar-refractivity contribution is 0.118. The fraction of sp³-hybridized carbons (Fsp3) is 1.00. The fourth-order valence-electron chi connectivity index (χ4n) is 0.597. The molecule has 0 aliphatic rings. The molecule has 0 radical (unpaired) electrons. The Morgan fingerprint density at radius 1 is 1.40 bits per heavy atom. The van der Waals surface area contributed by atoms with Gasteiger partial charge in [-0.1, -0.05) is 59.0 Å². The second kappa shape index (κ2) is 5.99. The summed E-state index contributed by atoms with van der Waals surface area (Å²) in [4.78, 5) is 0. The molecule has 2 unspecified atom stereocenters. The molecule has 62 valence electrons. The van der Waals surface area contributed by atoms with Crippen molar-refractivity contribution >= 4 is 45.2 Å². The van der Waals surface area contributed by atoms with Crippen molar-refractivity contribution in [1.82, 2.24) is 0 Å². The van der Waals surface area contributed by atoms with E-state index in [0.717, 1.165) is 10.8 Å². The third-order valence-electron chi connectivity index (χ3n) is 1.43. The Labute approximate surface area is 90.2 Å². The molecule has 0 aliphatic carbocycles. The minimum absolute atomic E-state index is 0.114. The standard InChI is InChI=1S/C7H14I2O/c1-5(2)7(10)3-6(9)4-8/h5-7,10H,3-4H2,1-2H3. The Hall–Kier alpha value is 1.42. The number of hydrogen-bond donors (Lipinski definition) is 1. The number of alkyl halides is 2. The lowest BCUT2D eigenvalue weighted by atomic mass is 10.0. The second-order valence-corrected chi connectivity index (χ2v) is 5.44. The van der Waals surface area contributed by atoms with E-state index in [1.807, 2.05) is 0 Å². The molecule has 0 heterocycles. The summed E-state index contributed by atoms with van der Waals surface area (Å²) in [5.41, 5.74) is 0. The van der Waals surface area contributed by atoms with Crippen LogP contribution in [0.15, 0.2) is 0 Å². The molecule has 0 aromatic carbocycles. The van der Waals surface area contributed by atoms with Crippen LogP contribution in [0, 0.1) is 5.92 Å². The highest BCUT2D eigenvalue weighted by Crippen LogP contribution is 2.16. The highest BCUT2D eigenvalue weighted by Gasteiger charge is 2.13. The predicted molar refractivity (Wildman–Crippen MR) is 62.2 cm³/mol. The maximum Gasteiger partial charge on any atom is 0.0573 e. The van der Waals surface area contributed by atoms with E-state index in [0.29, 0.717) is 9.84 Å². The number of rotatable bonds is 4. The van der Waals surface area contributed by atoms with Gasteiger partial charge >= 0.3 is 0 Å². The van der Waals surface area contributed by atoms with Gasteiger partial charge in [0.1, 0.15) is 0 Å². The van der Waals surface area contributed by atoms with Gasteiger partial charge in [-0.2, -0.15) is 0 Å². The number of aliphatic hydroxyl groups excluding tert-OH is 1. The van der Waals surface area contributed by atoms with Gasteiger partial charge in [0.2, 0.25) is 0 Å². The van der Waals surface area contributed by atoms with Gasteiger partial charge in [-0.3, -0.25) is 0 Å². The molecule has 0 aromatic heterocycles. The fourth-order valence-corrected chi connectivity index (χ4v) is 1.48. The van der Waals surface area contributed by atoms with E-state index in [1.165, 1.54) is 0 Å². The molecular weight excluding hydrogens is 354 g/mol. The molecule has 0 aliphatic heterocycles. The minimum atomic E-state index is -0.114. The summed E-state index contributed by atoms with van der Waals surface area (Å²) in [5, 5.41) is 9.42. The first-order valence-corrected chi connectivity index (χ1v) is 6.23. The van der Waals surface area contributed by atoms with Crippen molar-refractivity contribution in [1.29, 1.82) is 0 Å². The molecule has 10 heavy (non-hydrogen) atoms. The highest BCUT2D eigenvalue weighted by molar-refractivity contribution is 14.1. The molecule has 0 spiro atoms. The largest absolute Gasteiger partial charge is 0.393 e. The predicted octanol–water partition coefficient (Wildman–Crippen LogP) is 2.63. The Morgan fingerprint density at radius 2 is 1.90 bits per heavy atom. The van der Waals surface area contributed by atoms with Crippen LogP contribution >= 0.6 is 45.2 Å². The average molecular weight is 368 g/mol. The first kappa shape index (κ1) is 11.4. The summed E-state index contributed by atoms with van der Waals surface area (Å²) in [6.45, 7) is 4.11. The molecule has 1 nitrogen and oxygen atoms in total. The summed E-state index contributed by atoms with van der Waals surface area (Å²) < 4.78 is 1.75. The molecule has 0 fully saturated rings. The second-order valence-electron chi connectivity index (χ2n) is 2.80. The normalized spacial score (nSPS) is 17.4. The van der Waals surface area contributed by atoms with E-state index in [9.17, 15) is 5.11 Å². The number of hydrogen-bond acceptors (Lipinski definition) is 1. The lowest BCUT2D eigenvalue weighted by Crippen LogP contribution is -2.19. The van der Waals surface area contributed by atoms with Crippen molar-refractivity contribution in [3.63, 3.8) is 0 Å². The van der Waals surface area contributed by atoms with Crippen LogP contribution in [0.3, 0.4) is 0 Å². The van der Waals surface area contributed by atoms with Crippen LogP contribution in [0.4, 0.5) is 0 Å². The highest BCUT2D eigenvalue weighted by atomic mass is 127. The maximum atomic E-state index is 9.42. The van der Waals surface area contributed by atoms with Gasteiger partial charge in [-0.15, -0.1) is 0 Å². The van der Waals surface area contributed by atoms with E-state index < -0.39 is 0 Å². The van der Waals surface area contributed by atoms with E-state index in [4.69, 9.17) is 0 Å². The zero-order valence-corrected chi connectivity index (χ0v) is 10.7. The zero-order valence-electron chi connectivity index (χ0n) is 6.35. The van der Waals surface area contributed by atoms with Crippen molar-refractivity contribution in [3.8, 4) is 0 Å². The third kappa shape index (κ3) is 5.12. The van der Waals surface area contributed by atoms with Crippen molar-refractivity contribution in [2.45, 2.75) is 30.3 Å². The van der Waals surface area contributed by atoms with Crippen LogP contribution in [0.25, 0.3) is 0 Å². The molecule has 3 heteroatoms. The van der Waals surface area contributed by atoms with E-state index >= 15 is 0 Å². The maximum absolute atomic E-state index is 9.42. The summed E-state index contributed by atoms with van der Waals surface area (Å²) in [5.74, 6) is 0.403. The van der Waals surface area contributed by atoms with Crippen LogP contribution in [0.2, 0.25) is 0 Å². The van der Waals surface area contributed by atoms with Gasteiger partial charge in [0, 0.05) is 8.35 Å². The van der Waals surface area contributed by atoms with Gasteiger partial charge in [-0.05, 0) is 12.3 Å². The summed E-state index contributed by atoms with van der Waals surface area (Å²) >= 11 is 4.74.